The summed E-state index contributed by atoms with van der Waals surface area (Å²) in [5, 5.41) is 8.17. The van der Waals surface area contributed by atoms with E-state index in [1.807, 2.05) is 17.7 Å². The van der Waals surface area contributed by atoms with E-state index in [1.54, 1.807) is 36.3 Å². The zero-order chi connectivity index (χ0) is 12.3. The van der Waals surface area contributed by atoms with E-state index in [2.05, 4.69) is 10.2 Å². The maximum Gasteiger partial charge on any atom is 0.206 e. The first-order valence-electron chi connectivity index (χ1n) is 5.44. The van der Waals surface area contributed by atoms with Gasteiger partial charge in [0.25, 0.3) is 0 Å². The number of carbonyl (C=O) groups is 1. The summed E-state index contributed by atoms with van der Waals surface area (Å²) < 4.78 is 3.43. The highest BCUT2D eigenvalue weighted by Crippen LogP contribution is 2.04. The molecule has 0 unspecified atom stereocenters. The molecule has 0 fully saturated rings. The molecule has 2 rings (SSSR count). The Kier molecular flexibility index (Phi) is 3.18. The number of ketones is 1. The minimum atomic E-state index is -0.102. The number of carbonyl (C=O) groups excluding carboxylic acids is 1. The zero-order valence-electron chi connectivity index (χ0n) is 9.87. The quantitative estimate of drug-likeness (QED) is 0.591. The van der Waals surface area contributed by atoms with Gasteiger partial charge in [-0.2, -0.15) is 10.2 Å². The number of hydrogen-bond donors (Lipinski definition) is 0. The van der Waals surface area contributed by atoms with Crippen molar-refractivity contribution in [1.29, 1.82) is 0 Å². The molecule has 0 aliphatic rings. The van der Waals surface area contributed by atoms with Gasteiger partial charge in [-0.15, -0.1) is 0 Å². The van der Waals surface area contributed by atoms with Crippen LogP contribution in [0, 0.1) is 0 Å². The molecule has 5 nitrogen and oxygen atoms in total. The average Bonchev–Trinajstić information content (AvgIpc) is 2.94. The van der Waals surface area contributed by atoms with E-state index < -0.39 is 0 Å². The van der Waals surface area contributed by atoms with Crippen molar-refractivity contribution in [2.24, 2.45) is 7.05 Å². The van der Waals surface area contributed by atoms with Crippen molar-refractivity contribution in [3.05, 3.63) is 42.0 Å². The van der Waals surface area contributed by atoms with Crippen molar-refractivity contribution in [1.82, 2.24) is 19.6 Å². The fourth-order valence-corrected chi connectivity index (χ4v) is 1.54. The first kappa shape index (κ1) is 11.3. The van der Waals surface area contributed by atoms with Gasteiger partial charge in [-0.1, -0.05) is 0 Å². The van der Waals surface area contributed by atoms with Crippen LogP contribution in [-0.2, 0) is 13.6 Å². The maximum absolute atomic E-state index is 11.8. The third-order valence-corrected chi connectivity index (χ3v) is 2.42. The second-order valence-electron chi connectivity index (χ2n) is 3.64. The molecule has 0 amide bonds. The summed E-state index contributed by atoms with van der Waals surface area (Å²) in [4.78, 5) is 11.8. The number of allylic oxidation sites excluding steroid dienone is 1. The Morgan fingerprint density at radius 2 is 2.29 bits per heavy atom. The predicted molar refractivity (Wildman–Crippen MR) is 64.5 cm³/mol. The van der Waals surface area contributed by atoms with Crippen LogP contribution in [0.4, 0.5) is 0 Å². The standard InChI is InChI=1S/C12H14N4O/c1-3-16-10(6-8-13-16)4-5-12(17)11-7-9-15(2)14-11/h4-9H,3H2,1-2H3. The van der Waals surface area contributed by atoms with Gasteiger partial charge in [0.2, 0.25) is 5.78 Å². The molecule has 0 aromatic carbocycles. The molecule has 5 heteroatoms. The fourth-order valence-electron chi connectivity index (χ4n) is 1.54. The van der Waals surface area contributed by atoms with Crippen molar-refractivity contribution >= 4 is 11.9 Å². The lowest BCUT2D eigenvalue weighted by molar-refractivity contribution is 0.104. The third-order valence-electron chi connectivity index (χ3n) is 2.42. The molecule has 0 bridgehead atoms. The minimum Gasteiger partial charge on any atom is -0.287 e. The zero-order valence-corrected chi connectivity index (χ0v) is 9.87. The van der Waals surface area contributed by atoms with Crippen LogP contribution in [0.5, 0.6) is 0 Å². The molecule has 2 aromatic rings. The van der Waals surface area contributed by atoms with Crippen LogP contribution in [0.2, 0.25) is 0 Å². The highest BCUT2D eigenvalue weighted by molar-refractivity contribution is 6.05. The summed E-state index contributed by atoms with van der Waals surface area (Å²) in [6, 6.07) is 3.56. The Hall–Kier alpha value is -2.17. The fraction of sp³-hybridized carbons (Fsp3) is 0.250. The molecule has 0 aliphatic heterocycles. The van der Waals surface area contributed by atoms with E-state index >= 15 is 0 Å². The minimum absolute atomic E-state index is 0.102. The highest BCUT2D eigenvalue weighted by Gasteiger charge is 2.05. The van der Waals surface area contributed by atoms with Crippen molar-refractivity contribution in [2.45, 2.75) is 13.5 Å². The lowest BCUT2D eigenvalue weighted by Crippen LogP contribution is -2.00. The van der Waals surface area contributed by atoms with Crippen LogP contribution in [-0.4, -0.2) is 25.3 Å². The molecule has 17 heavy (non-hydrogen) atoms. The van der Waals surface area contributed by atoms with Crippen LogP contribution < -0.4 is 0 Å². The predicted octanol–water partition coefficient (Wildman–Crippen LogP) is 1.53. The average molecular weight is 230 g/mol. The number of rotatable bonds is 4. The van der Waals surface area contributed by atoms with Crippen LogP contribution >= 0.6 is 0 Å². The second-order valence-corrected chi connectivity index (χ2v) is 3.64. The van der Waals surface area contributed by atoms with Crippen LogP contribution in [0.1, 0.15) is 23.1 Å². The monoisotopic (exact) mass is 230 g/mol. The topological polar surface area (TPSA) is 52.7 Å². The Morgan fingerprint density at radius 3 is 2.94 bits per heavy atom. The molecule has 2 aromatic heterocycles. The van der Waals surface area contributed by atoms with Crippen molar-refractivity contribution in [3.8, 4) is 0 Å². The first-order valence-corrected chi connectivity index (χ1v) is 5.44. The van der Waals surface area contributed by atoms with E-state index in [0.717, 1.165) is 12.2 Å². The SMILES string of the molecule is CCn1nccc1C=CC(=O)c1ccn(C)n1. The van der Waals surface area contributed by atoms with Crippen molar-refractivity contribution < 1.29 is 4.79 Å². The number of nitrogens with zero attached hydrogens (tertiary/aromatic N) is 4. The lowest BCUT2D eigenvalue weighted by atomic mass is 10.2. The molecule has 0 atom stereocenters. The van der Waals surface area contributed by atoms with Crippen LogP contribution in [0.25, 0.3) is 6.08 Å². The van der Waals surface area contributed by atoms with Gasteiger partial charge in [0.05, 0.1) is 5.69 Å². The van der Waals surface area contributed by atoms with Crippen molar-refractivity contribution in [3.63, 3.8) is 0 Å². The molecule has 0 saturated heterocycles. The maximum atomic E-state index is 11.8. The molecule has 0 radical (unpaired) electrons. The lowest BCUT2D eigenvalue weighted by Gasteiger charge is -1.97. The van der Waals surface area contributed by atoms with Gasteiger partial charge in [-0.25, -0.2) is 0 Å². The molecule has 0 spiro atoms. The van der Waals surface area contributed by atoms with E-state index in [0.29, 0.717) is 5.69 Å². The first-order chi connectivity index (χ1) is 8.20. The molecule has 0 N–H and O–H groups in total. The summed E-state index contributed by atoms with van der Waals surface area (Å²) in [6.45, 7) is 2.79. The molecule has 0 saturated carbocycles. The number of hydrogen-bond acceptors (Lipinski definition) is 3. The molecule has 0 aliphatic carbocycles. The van der Waals surface area contributed by atoms with Gasteiger partial charge in [0, 0.05) is 26.0 Å². The molecular weight excluding hydrogens is 216 g/mol. The smallest absolute Gasteiger partial charge is 0.206 e. The van der Waals surface area contributed by atoms with Gasteiger partial charge < -0.3 is 0 Å². The van der Waals surface area contributed by atoms with Gasteiger partial charge >= 0.3 is 0 Å². The summed E-state index contributed by atoms with van der Waals surface area (Å²) in [6.07, 6.45) is 6.74. The summed E-state index contributed by atoms with van der Waals surface area (Å²) in [5.74, 6) is -0.102. The number of aryl methyl sites for hydroxylation is 2. The van der Waals surface area contributed by atoms with Gasteiger partial charge in [-0.3, -0.25) is 14.2 Å². The Bertz CT molecular complexity index is 550. The van der Waals surface area contributed by atoms with Crippen LogP contribution in [0.3, 0.4) is 0 Å². The summed E-state index contributed by atoms with van der Waals surface area (Å²) >= 11 is 0. The largest absolute Gasteiger partial charge is 0.287 e. The van der Waals surface area contributed by atoms with E-state index in [-0.39, 0.29) is 5.78 Å². The second kappa shape index (κ2) is 4.78. The normalized spacial score (nSPS) is 11.2. The van der Waals surface area contributed by atoms with E-state index in [4.69, 9.17) is 0 Å². The van der Waals surface area contributed by atoms with E-state index in [1.165, 1.54) is 6.08 Å². The summed E-state index contributed by atoms with van der Waals surface area (Å²) in [5.41, 5.74) is 1.36. The molecule has 88 valence electrons. The summed E-state index contributed by atoms with van der Waals surface area (Å²) in [7, 11) is 1.78. The molecule has 2 heterocycles. The molecular formula is C12H14N4O. The van der Waals surface area contributed by atoms with Gasteiger partial charge in [0.15, 0.2) is 0 Å². The third kappa shape index (κ3) is 2.50. The Morgan fingerprint density at radius 1 is 1.47 bits per heavy atom. The van der Waals surface area contributed by atoms with Crippen molar-refractivity contribution in [2.75, 3.05) is 0 Å². The van der Waals surface area contributed by atoms with Gasteiger partial charge in [-0.05, 0) is 31.2 Å². The van der Waals surface area contributed by atoms with E-state index in [9.17, 15) is 4.79 Å². The van der Waals surface area contributed by atoms with Crippen LogP contribution in [0.15, 0.2) is 30.6 Å². The number of aromatic nitrogens is 4. The highest BCUT2D eigenvalue weighted by atomic mass is 16.1. The van der Waals surface area contributed by atoms with Gasteiger partial charge in [0.1, 0.15) is 5.69 Å². The Labute approximate surface area is 99.4 Å². The Balaban J connectivity index is 2.13.